The fraction of sp³-hybridized carbons (Fsp3) is 0.400. The maximum atomic E-state index is 14.7. The predicted molar refractivity (Wildman–Crippen MR) is 107 cm³/mol. The van der Waals surface area contributed by atoms with Crippen LogP contribution in [0.3, 0.4) is 0 Å². The monoisotopic (exact) mass is 409 g/mol. The van der Waals surface area contributed by atoms with Crippen LogP contribution < -0.4 is 4.90 Å². The van der Waals surface area contributed by atoms with E-state index in [0.29, 0.717) is 23.4 Å². The number of esters is 1. The maximum absolute atomic E-state index is 14.7. The molecule has 1 aliphatic carbocycles. The van der Waals surface area contributed by atoms with Crippen LogP contribution in [0.2, 0.25) is 5.02 Å². The van der Waals surface area contributed by atoms with Gasteiger partial charge in [-0.2, -0.15) is 11.8 Å². The molecule has 0 saturated heterocycles. The van der Waals surface area contributed by atoms with E-state index in [0.717, 1.165) is 30.9 Å². The standard InChI is InChI=1S/C20H21ClFNO3S/c1-11(10-27-3)26-20(25)15-8-18(17(22)9-16(15)21)23-12(2)13-6-4-5-7-14(13)19(23)24/h8-9,11H,2,4-7,10H2,1,3H3. The predicted octanol–water partition coefficient (Wildman–Crippen LogP) is 5.12. The lowest BCUT2D eigenvalue weighted by Crippen LogP contribution is -2.26. The van der Waals surface area contributed by atoms with Gasteiger partial charge in [-0.15, -0.1) is 0 Å². The van der Waals surface area contributed by atoms with Gasteiger partial charge in [0.15, 0.2) is 0 Å². The highest BCUT2D eigenvalue weighted by Crippen LogP contribution is 2.42. The number of allylic oxidation sites excluding steroid dienone is 1. The molecule has 1 aromatic rings. The number of ether oxygens (including phenoxy) is 1. The third-order valence-corrected chi connectivity index (χ3v) is 5.87. The molecule has 0 N–H and O–H groups in total. The highest BCUT2D eigenvalue weighted by atomic mass is 35.5. The van der Waals surface area contributed by atoms with Gasteiger partial charge >= 0.3 is 5.97 Å². The van der Waals surface area contributed by atoms with Crippen LogP contribution in [-0.2, 0) is 9.53 Å². The minimum Gasteiger partial charge on any atom is -0.458 e. The van der Waals surface area contributed by atoms with Crippen molar-refractivity contribution in [2.24, 2.45) is 0 Å². The minimum absolute atomic E-state index is 0.0201. The first-order valence-electron chi connectivity index (χ1n) is 8.79. The van der Waals surface area contributed by atoms with E-state index in [9.17, 15) is 14.0 Å². The Labute approximate surface area is 167 Å². The molecule has 0 bridgehead atoms. The van der Waals surface area contributed by atoms with Crippen LogP contribution in [-0.4, -0.2) is 30.0 Å². The van der Waals surface area contributed by atoms with Crippen molar-refractivity contribution in [1.29, 1.82) is 0 Å². The van der Waals surface area contributed by atoms with Gasteiger partial charge in [-0.3, -0.25) is 9.69 Å². The Bertz CT molecular complexity index is 824. The van der Waals surface area contributed by atoms with Crippen LogP contribution in [0, 0.1) is 5.82 Å². The van der Waals surface area contributed by atoms with E-state index in [1.54, 1.807) is 18.7 Å². The van der Waals surface area contributed by atoms with Crippen molar-refractivity contribution in [3.8, 4) is 0 Å². The second-order valence-corrected chi connectivity index (χ2v) is 8.02. The minimum atomic E-state index is -0.678. The van der Waals surface area contributed by atoms with E-state index < -0.39 is 11.8 Å². The molecular weight excluding hydrogens is 389 g/mol. The smallest absolute Gasteiger partial charge is 0.340 e. The van der Waals surface area contributed by atoms with Crippen molar-refractivity contribution in [1.82, 2.24) is 0 Å². The molecule has 1 unspecified atom stereocenters. The number of rotatable bonds is 5. The third-order valence-electron chi connectivity index (χ3n) is 4.75. The Hall–Kier alpha value is -1.79. The van der Waals surface area contributed by atoms with E-state index in [2.05, 4.69) is 6.58 Å². The number of amides is 1. The van der Waals surface area contributed by atoms with Gasteiger partial charge in [0.25, 0.3) is 5.91 Å². The number of benzene rings is 1. The molecule has 1 amide bonds. The molecule has 0 saturated carbocycles. The summed E-state index contributed by atoms with van der Waals surface area (Å²) in [4.78, 5) is 26.5. The topological polar surface area (TPSA) is 46.6 Å². The van der Waals surface area contributed by atoms with Gasteiger partial charge in [0, 0.05) is 17.0 Å². The first-order valence-corrected chi connectivity index (χ1v) is 10.6. The third kappa shape index (κ3) is 3.78. The highest BCUT2D eigenvalue weighted by molar-refractivity contribution is 7.98. The van der Waals surface area contributed by atoms with Gasteiger partial charge in [0.2, 0.25) is 0 Å². The van der Waals surface area contributed by atoms with Gasteiger partial charge in [-0.05, 0) is 56.6 Å². The molecule has 1 heterocycles. The summed E-state index contributed by atoms with van der Waals surface area (Å²) in [6, 6.07) is 2.33. The molecule has 0 fully saturated rings. The van der Waals surface area contributed by atoms with E-state index in [4.69, 9.17) is 16.3 Å². The lowest BCUT2D eigenvalue weighted by atomic mass is 9.93. The largest absolute Gasteiger partial charge is 0.458 e. The lowest BCUT2D eigenvalue weighted by Gasteiger charge is -2.21. The van der Waals surface area contributed by atoms with Crippen molar-refractivity contribution in [3.63, 3.8) is 0 Å². The number of carbonyl (C=O) groups excluding carboxylic acids is 2. The average molecular weight is 410 g/mol. The van der Waals surface area contributed by atoms with Crippen LogP contribution >= 0.6 is 23.4 Å². The van der Waals surface area contributed by atoms with Crippen molar-refractivity contribution in [3.05, 3.63) is 52.0 Å². The van der Waals surface area contributed by atoms with Crippen molar-refractivity contribution >= 4 is 40.9 Å². The summed E-state index contributed by atoms with van der Waals surface area (Å²) >= 11 is 7.62. The van der Waals surface area contributed by atoms with E-state index in [1.807, 2.05) is 6.26 Å². The number of anilines is 1. The molecule has 1 atom stereocenters. The van der Waals surface area contributed by atoms with Gasteiger partial charge < -0.3 is 4.74 Å². The average Bonchev–Trinajstić information content (AvgIpc) is 2.87. The zero-order valence-corrected chi connectivity index (χ0v) is 16.9. The highest BCUT2D eigenvalue weighted by Gasteiger charge is 2.37. The SMILES string of the molecule is C=C1C2=C(CCCC2)C(=O)N1c1cc(C(=O)OC(C)CSC)c(Cl)cc1F. The molecule has 1 aromatic carbocycles. The van der Waals surface area contributed by atoms with Crippen LogP contribution in [0.4, 0.5) is 10.1 Å². The molecular formula is C20H21ClFNO3S. The fourth-order valence-electron chi connectivity index (χ4n) is 3.49. The van der Waals surface area contributed by atoms with Gasteiger partial charge in [-0.25, -0.2) is 9.18 Å². The van der Waals surface area contributed by atoms with Crippen LogP contribution in [0.1, 0.15) is 43.0 Å². The summed E-state index contributed by atoms with van der Waals surface area (Å²) in [5.41, 5.74) is 2.07. The van der Waals surface area contributed by atoms with Crippen molar-refractivity contribution < 1.29 is 18.7 Å². The molecule has 2 aliphatic rings. The maximum Gasteiger partial charge on any atom is 0.340 e. The molecule has 0 aromatic heterocycles. The molecule has 27 heavy (non-hydrogen) atoms. The summed E-state index contributed by atoms with van der Waals surface area (Å²) in [6.07, 6.45) is 4.93. The number of halogens is 2. The Morgan fingerprint density at radius 3 is 2.67 bits per heavy atom. The molecule has 0 radical (unpaired) electrons. The summed E-state index contributed by atoms with van der Waals surface area (Å²) in [6.45, 7) is 5.76. The molecule has 0 spiro atoms. The van der Waals surface area contributed by atoms with Crippen molar-refractivity contribution in [2.45, 2.75) is 38.7 Å². The van der Waals surface area contributed by atoms with Crippen LogP contribution in [0.15, 0.2) is 35.6 Å². The second-order valence-electron chi connectivity index (χ2n) is 6.71. The zero-order valence-electron chi connectivity index (χ0n) is 15.3. The summed E-state index contributed by atoms with van der Waals surface area (Å²) in [5, 5.41) is -0.0485. The second kappa shape index (κ2) is 8.07. The number of nitrogens with zero attached hydrogens (tertiary/aromatic N) is 1. The number of thioether (sulfide) groups is 1. The number of hydrogen-bond acceptors (Lipinski definition) is 4. The Morgan fingerprint density at radius 1 is 1.37 bits per heavy atom. The normalized spacial score (nSPS) is 18.0. The quantitative estimate of drug-likeness (QED) is 0.633. The van der Waals surface area contributed by atoms with Crippen molar-refractivity contribution in [2.75, 3.05) is 16.9 Å². The zero-order chi connectivity index (χ0) is 19.7. The van der Waals surface area contributed by atoms with Crippen LogP contribution in [0.5, 0.6) is 0 Å². The number of carbonyl (C=O) groups is 2. The summed E-state index contributed by atoms with van der Waals surface area (Å²) < 4.78 is 20.0. The molecule has 7 heteroatoms. The molecule has 144 valence electrons. The van der Waals surface area contributed by atoms with E-state index in [-0.39, 0.29) is 28.3 Å². The first kappa shape index (κ1) is 20.0. The van der Waals surface area contributed by atoms with Gasteiger partial charge in [0.1, 0.15) is 11.9 Å². The van der Waals surface area contributed by atoms with Gasteiger partial charge in [-0.1, -0.05) is 18.2 Å². The first-order chi connectivity index (χ1) is 12.8. The number of hydrogen-bond donors (Lipinski definition) is 0. The van der Waals surface area contributed by atoms with E-state index in [1.165, 1.54) is 11.0 Å². The summed E-state index contributed by atoms with van der Waals surface area (Å²) in [5.74, 6) is -0.957. The molecule has 3 rings (SSSR count). The molecule has 1 aliphatic heterocycles. The Kier molecular flexibility index (Phi) is 5.96. The van der Waals surface area contributed by atoms with Crippen LogP contribution in [0.25, 0.3) is 0 Å². The fourth-order valence-corrected chi connectivity index (χ4v) is 4.25. The Balaban J connectivity index is 1.94. The lowest BCUT2D eigenvalue weighted by molar-refractivity contribution is -0.114. The van der Waals surface area contributed by atoms with E-state index >= 15 is 0 Å². The summed E-state index contributed by atoms with van der Waals surface area (Å²) in [7, 11) is 0. The Morgan fingerprint density at radius 2 is 2.04 bits per heavy atom. The molecule has 4 nitrogen and oxygen atoms in total. The van der Waals surface area contributed by atoms with Gasteiger partial charge in [0.05, 0.1) is 16.3 Å².